The zero-order valence-electron chi connectivity index (χ0n) is 21.3. The summed E-state index contributed by atoms with van der Waals surface area (Å²) in [6.45, 7) is 9.36. The Morgan fingerprint density at radius 1 is 0.909 bits per heavy atom. The van der Waals surface area contributed by atoms with E-state index in [1.54, 1.807) is 0 Å². The van der Waals surface area contributed by atoms with Gasteiger partial charge >= 0.3 is 6.18 Å². The van der Waals surface area contributed by atoms with Gasteiger partial charge in [-0.05, 0) is 123 Å². The van der Waals surface area contributed by atoms with Crippen LogP contribution in [0.2, 0.25) is 0 Å². The highest BCUT2D eigenvalue weighted by Crippen LogP contribution is 2.69. The molecule has 10 atom stereocenters. The minimum absolute atomic E-state index is 0.254. The van der Waals surface area contributed by atoms with Crippen LogP contribution < -0.4 is 0 Å². The van der Waals surface area contributed by atoms with Crippen LogP contribution in [0, 0.1) is 46.3 Å². The molecule has 0 saturated heterocycles. The summed E-state index contributed by atoms with van der Waals surface area (Å²) >= 11 is 0. The molecule has 4 aliphatic rings. The van der Waals surface area contributed by atoms with Crippen LogP contribution in [0.1, 0.15) is 111 Å². The van der Waals surface area contributed by atoms with Gasteiger partial charge in [0.1, 0.15) is 0 Å². The predicted molar refractivity (Wildman–Crippen MR) is 126 cm³/mol. The third-order valence-electron chi connectivity index (χ3n) is 11.7. The van der Waals surface area contributed by atoms with Crippen LogP contribution in [0.25, 0.3) is 0 Å². The summed E-state index contributed by atoms with van der Waals surface area (Å²) < 4.78 is 37.8. The fourth-order valence-corrected chi connectivity index (χ4v) is 9.64. The fraction of sp³-hybridized carbons (Fsp3) is 1.00. The first-order valence-corrected chi connectivity index (χ1v) is 13.8. The van der Waals surface area contributed by atoms with Crippen molar-refractivity contribution in [3.8, 4) is 0 Å². The third-order valence-corrected chi connectivity index (χ3v) is 11.7. The zero-order chi connectivity index (χ0) is 24.2. The molecule has 0 amide bonds. The van der Waals surface area contributed by atoms with Crippen molar-refractivity contribution in [1.29, 1.82) is 0 Å². The average molecular weight is 473 g/mol. The van der Waals surface area contributed by atoms with Gasteiger partial charge in [0.25, 0.3) is 0 Å². The molecule has 0 radical (unpaired) electrons. The second kappa shape index (κ2) is 8.98. The molecular weight excluding hydrogens is 425 g/mol. The lowest BCUT2D eigenvalue weighted by molar-refractivity contribution is -0.155. The van der Waals surface area contributed by atoms with Crippen molar-refractivity contribution in [2.75, 3.05) is 0 Å². The maximum absolute atomic E-state index is 12.6. The SMILES string of the molecule is CC[C@]1(O)CCC2(C)[C@@H](CC[C@@H]3[C@@H]2CC[C@]2(C)[C@@H]([C@H](C)CC[C@H](O)CC(F)(F)F)CC[C@@H]32)C1. The van der Waals surface area contributed by atoms with Crippen molar-refractivity contribution < 1.29 is 23.4 Å². The molecule has 2 nitrogen and oxygen atoms in total. The molecule has 33 heavy (non-hydrogen) atoms. The lowest BCUT2D eigenvalue weighted by Gasteiger charge is -2.62. The topological polar surface area (TPSA) is 40.5 Å². The van der Waals surface area contributed by atoms with E-state index in [1.165, 1.54) is 38.5 Å². The van der Waals surface area contributed by atoms with E-state index in [4.69, 9.17) is 0 Å². The Morgan fingerprint density at radius 2 is 1.61 bits per heavy atom. The van der Waals surface area contributed by atoms with Gasteiger partial charge in [-0.2, -0.15) is 13.2 Å². The number of aliphatic hydroxyl groups excluding tert-OH is 1. The second-order valence-corrected chi connectivity index (χ2v) is 13.2. The molecule has 0 aliphatic heterocycles. The van der Waals surface area contributed by atoms with Gasteiger partial charge in [0.2, 0.25) is 0 Å². The second-order valence-electron chi connectivity index (χ2n) is 13.2. The van der Waals surface area contributed by atoms with Gasteiger partial charge in [-0.3, -0.25) is 0 Å². The van der Waals surface area contributed by atoms with Crippen molar-refractivity contribution in [1.82, 2.24) is 0 Å². The van der Waals surface area contributed by atoms with Gasteiger partial charge in [-0.1, -0.05) is 27.7 Å². The Bertz CT molecular complexity index is 695. The summed E-state index contributed by atoms with van der Waals surface area (Å²) in [6.07, 6.45) is 5.75. The highest BCUT2D eigenvalue weighted by atomic mass is 19.4. The average Bonchev–Trinajstić information content (AvgIpc) is 3.09. The molecule has 0 bridgehead atoms. The number of halogens is 3. The van der Waals surface area contributed by atoms with Gasteiger partial charge in [0.15, 0.2) is 0 Å². The Hall–Kier alpha value is -0.290. The van der Waals surface area contributed by atoms with Crippen LogP contribution in [0.5, 0.6) is 0 Å². The quantitative estimate of drug-likeness (QED) is 0.420. The Kier molecular flexibility index (Phi) is 7.02. The first-order valence-electron chi connectivity index (χ1n) is 13.8. The van der Waals surface area contributed by atoms with Gasteiger partial charge in [0.05, 0.1) is 18.1 Å². The highest BCUT2D eigenvalue weighted by Gasteiger charge is 2.61. The lowest BCUT2D eigenvalue weighted by Crippen LogP contribution is -2.56. The van der Waals surface area contributed by atoms with E-state index in [0.717, 1.165) is 43.4 Å². The van der Waals surface area contributed by atoms with E-state index in [2.05, 4.69) is 27.7 Å². The van der Waals surface area contributed by atoms with E-state index in [0.29, 0.717) is 29.6 Å². The largest absolute Gasteiger partial charge is 0.393 e. The van der Waals surface area contributed by atoms with Gasteiger partial charge in [-0.25, -0.2) is 0 Å². The zero-order valence-corrected chi connectivity index (χ0v) is 21.3. The molecule has 0 aromatic heterocycles. The molecule has 4 aliphatic carbocycles. The summed E-state index contributed by atoms with van der Waals surface area (Å²) in [6, 6.07) is 0. The number of alkyl halides is 3. The number of hydrogen-bond acceptors (Lipinski definition) is 2. The molecule has 0 spiro atoms. The summed E-state index contributed by atoms with van der Waals surface area (Å²) in [5.74, 6) is 3.83. The molecule has 1 unspecified atom stereocenters. The van der Waals surface area contributed by atoms with Crippen LogP contribution >= 0.6 is 0 Å². The van der Waals surface area contributed by atoms with Crippen molar-refractivity contribution in [2.45, 2.75) is 129 Å². The number of hydrogen-bond donors (Lipinski definition) is 2. The standard InChI is InChI=1S/C28H47F3O2/c1-5-27(33)15-14-25(3)19(16-27)7-9-21-23-11-10-22(26(23,4)13-12-24(21)25)18(2)6-8-20(32)17-28(29,30)31/h18-24,32-33H,5-17H2,1-4H3/t18-,19+,20+,21+,22-,23+,24+,25?,26-,27+/m1/s1. The smallest absolute Gasteiger partial charge is 0.391 e. The van der Waals surface area contributed by atoms with Crippen LogP contribution in [0.4, 0.5) is 13.2 Å². The molecule has 4 saturated carbocycles. The summed E-state index contributed by atoms with van der Waals surface area (Å²) in [7, 11) is 0. The van der Waals surface area contributed by atoms with Crippen molar-refractivity contribution in [2.24, 2.45) is 46.3 Å². The molecule has 4 rings (SSSR count). The Morgan fingerprint density at radius 3 is 2.27 bits per heavy atom. The Labute approximate surface area is 199 Å². The van der Waals surface area contributed by atoms with Crippen LogP contribution in [-0.4, -0.2) is 28.1 Å². The summed E-state index contributed by atoms with van der Waals surface area (Å²) in [5, 5.41) is 20.9. The molecule has 5 heteroatoms. The summed E-state index contributed by atoms with van der Waals surface area (Å²) in [4.78, 5) is 0. The van der Waals surface area contributed by atoms with E-state index in [-0.39, 0.29) is 11.8 Å². The molecule has 0 aromatic carbocycles. The van der Waals surface area contributed by atoms with Crippen LogP contribution in [0.15, 0.2) is 0 Å². The predicted octanol–water partition coefficient (Wildman–Crippen LogP) is 7.52. The normalized spacial score (nSPS) is 47.4. The van der Waals surface area contributed by atoms with E-state index in [1.807, 2.05) is 0 Å². The van der Waals surface area contributed by atoms with Crippen LogP contribution in [-0.2, 0) is 0 Å². The maximum Gasteiger partial charge on any atom is 0.391 e. The molecule has 4 fully saturated rings. The minimum atomic E-state index is -4.29. The Balaban J connectivity index is 1.42. The van der Waals surface area contributed by atoms with Gasteiger partial charge < -0.3 is 10.2 Å². The third kappa shape index (κ3) is 4.76. The number of aliphatic hydroxyl groups is 2. The minimum Gasteiger partial charge on any atom is -0.393 e. The first-order chi connectivity index (χ1) is 15.3. The molecule has 0 heterocycles. The van der Waals surface area contributed by atoms with Crippen molar-refractivity contribution in [3.05, 3.63) is 0 Å². The van der Waals surface area contributed by atoms with Crippen molar-refractivity contribution in [3.63, 3.8) is 0 Å². The number of fused-ring (bicyclic) bond motifs is 5. The molecular formula is C28H47F3O2. The molecule has 192 valence electrons. The molecule has 0 aromatic rings. The monoisotopic (exact) mass is 472 g/mol. The lowest BCUT2D eigenvalue weighted by atomic mass is 9.43. The maximum atomic E-state index is 12.6. The van der Waals surface area contributed by atoms with Gasteiger partial charge in [-0.15, -0.1) is 0 Å². The van der Waals surface area contributed by atoms with E-state index < -0.39 is 24.3 Å². The van der Waals surface area contributed by atoms with Crippen molar-refractivity contribution >= 4 is 0 Å². The highest BCUT2D eigenvalue weighted by molar-refractivity contribution is 5.10. The van der Waals surface area contributed by atoms with Crippen LogP contribution in [0.3, 0.4) is 0 Å². The number of rotatable bonds is 6. The van der Waals surface area contributed by atoms with E-state index in [9.17, 15) is 23.4 Å². The van der Waals surface area contributed by atoms with Gasteiger partial charge in [0, 0.05) is 0 Å². The fourth-order valence-electron chi connectivity index (χ4n) is 9.64. The summed E-state index contributed by atoms with van der Waals surface area (Å²) in [5.41, 5.74) is 0.194. The molecule has 2 N–H and O–H groups in total. The first kappa shape index (κ1) is 25.8. The van der Waals surface area contributed by atoms with E-state index >= 15 is 0 Å².